The van der Waals surface area contributed by atoms with Crippen LogP contribution in [0.5, 0.6) is 0 Å². The van der Waals surface area contributed by atoms with E-state index in [4.69, 9.17) is 0 Å². The molecule has 7 nitrogen and oxygen atoms in total. The van der Waals surface area contributed by atoms with E-state index in [0.29, 0.717) is 27.8 Å². The lowest BCUT2D eigenvalue weighted by Gasteiger charge is -2.25. The largest absolute Gasteiger partial charge is 0.352 e. The lowest BCUT2D eigenvalue weighted by molar-refractivity contribution is -0.125. The molecule has 1 atom stereocenters. The van der Waals surface area contributed by atoms with Gasteiger partial charge in [0.1, 0.15) is 23.5 Å². The SMILES string of the molecule is O=C(CC[C@@H]1N=C2c3ccccc3N=C(SCC(=O)c3ccc(F)cc3)N2C1=O)NCc1ccc(F)cc1. The molecule has 0 unspecified atom stereocenters. The number of amides is 2. The van der Waals surface area contributed by atoms with Crippen molar-refractivity contribution in [3.05, 3.63) is 101 Å². The van der Waals surface area contributed by atoms with Crippen LogP contribution < -0.4 is 5.32 Å². The number of thioether (sulfide) groups is 1. The number of Topliss-reactive ketones (excluding diaryl/α,β-unsaturated/α-hetero) is 1. The van der Waals surface area contributed by atoms with E-state index in [1.165, 1.54) is 41.3 Å². The monoisotopic (exact) mass is 532 g/mol. The van der Waals surface area contributed by atoms with Crippen molar-refractivity contribution in [1.29, 1.82) is 0 Å². The number of aliphatic imine (C=N–C) groups is 2. The molecule has 3 aromatic carbocycles. The van der Waals surface area contributed by atoms with Crippen molar-refractivity contribution in [3.63, 3.8) is 0 Å². The van der Waals surface area contributed by atoms with Crippen molar-refractivity contribution in [1.82, 2.24) is 10.2 Å². The van der Waals surface area contributed by atoms with Gasteiger partial charge in [0.2, 0.25) is 5.91 Å². The van der Waals surface area contributed by atoms with Gasteiger partial charge in [0.15, 0.2) is 11.0 Å². The fraction of sp³-hybridized carbons (Fsp3) is 0.179. The highest BCUT2D eigenvalue weighted by molar-refractivity contribution is 8.14. The van der Waals surface area contributed by atoms with Crippen LogP contribution >= 0.6 is 11.8 Å². The van der Waals surface area contributed by atoms with Crippen LogP contribution in [-0.2, 0) is 16.1 Å². The van der Waals surface area contributed by atoms with Gasteiger partial charge in [-0.05, 0) is 60.5 Å². The van der Waals surface area contributed by atoms with Gasteiger partial charge in [-0.1, -0.05) is 36.0 Å². The van der Waals surface area contributed by atoms with E-state index in [9.17, 15) is 23.2 Å². The number of ketones is 1. The van der Waals surface area contributed by atoms with Crippen LogP contribution in [0.15, 0.2) is 82.8 Å². The number of benzene rings is 3. The second-order valence-electron chi connectivity index (χ2n) is 8.71. The maximum atomic E-state index is 13.4. The normalized spacial score (nSPS) is 15.9. The number of hydrogen-bond donors (Lipinski definition) is 1. The quantitative estimate of drug-likeness (QED) is 0.428. The van der Waals surface area contributed by atoms with Crippen molar-refractivity contribution in [2.45, 2.75) is 25.4 Å². The van der Waals surface area contributed by atoms with Crippen LogP contribution in [0.25, 0.3) is 0 Å². The van der Waals surface area contributed by atoms with Crippen molar-refractivity contribution in [2.24, 2.45) is 9.98 Å². The number of halogens is 2. The lowest BCUT2D eigenvalue weighted by atomic mass is 10.1. The number of nitrogens with one attached hydrogen (secondary N) is 1. The lowest BCUT2D eigenvalue weighted by Crippen LogP contribution is -2.41. The number of rotatable bonds is 8. The first-order chi connectivity index (χ1) is 18.4. The predicted molar refractivity (Wildman–Crippen MR) is 141 cm³/mol. The third-order valence-corrected chi connectivity index (χ3v) is 7.03. The first kappa shape index (κ1) is 25.5. The van der Waals surface area contributed by atoms with Crippen molar-refractivity contribution in [2.75, 3.05) is 5.75 Å². The second kappa shape index (κ2) is 11.1. The Bertz CT molecular complexity index is 1460. The summed E-state index contributed by atoms with van der Waals surface area (Å²) in [6.45, 7) is 0.251. The Morgan fingerprint density at radius 3 is 2.37 bits per heavy atom. The summed E-state index contributed by atoms with van der Waals surface area (Å²) in [5.41, 5.74) is 2.45. The highest BCUT2D eigenvalue weighted by Gasteiger charge is 2.41. The van der Waals surface area contributed by atoms with Crippen LogP contribution in [0.1, 0.15) is 34.3 Å². The first-order valence-corrected chi connectivity index (χ1v) is 12.9. The number of carbonyl (C=O) groups excluding carboxylic acids is 3. The fourth-order valence-electron chi connectivity index (χ4n) is 4.10. The van der Waals surface area contributed by atoms with Gasteiger partial charge in [-0.15, -0.1) is 0 Å². The molecular formula is C28H22F2N4O3S. The molecule has 2 amide bonds. The van der Waals surface area contributed by atoms with Gasteiger partial charge < -0.3 is 5.32 Å². The van der Waals surface area contributed by atoms with Gasteiger partial charge >= 0.3 is 0 Å². The fourth-order valence-corrected chi connectivity index (χ4v) is 4.99. The molecule has 10 heteroatoms. The van der Waals surface area contributed by atoms with Crippen molar-refractivity contribution >= 4 is 46.1 Å². The van der Waals surface area contributed by atoms with E-state index in [1.807, 2.05) is 18.2 Å². The molecule has 1 N–H and O–H groups in total. The summed E-state index contributed by atoms with van der Waals surface area (Å²) < 4.78 is 26.3. The maximum absolute atomic E-state index is 13.4. The minimum absolute atomic E-state index is 0.000150. The summed E-state index contributed by atoms with van der Waals surface area (Å²) in [4.78, 5) is 49.1. The molecule has 2 aliphatic rings. The molecule has 0 saturated heterocycles. The highest BCUT2D eigenvalue weighted by Crippen LogP contribution is 2.34. The first-order valence-electron chi connectivity index (χ1n) is 11.9. The van der Waals surface area contributed by atoms with E-state index in [0.717, 1.165) is 17.3 Å². The molecule has 0 aromatic heterocycles. The standard InChI is InChI=1S/C28H22F2N4O3S/c29-19-9-5-17(6-10-19)15-31-25(36)14-13-23-27(37)34-26(32-23)21-3-1-2-4-22(21)33-28(34)38-16-24(35)18-7-11-20(30)12-8-18/h1-12,23H,13-16H2,(H,31,36)/t23-/m0/s1. The summed E-state index contributed by atoms with van der Waals surface area (Å²) in [6, 6.07) is 17.6. The number of para-hydroxylation sites is 1. The van der Waals surface area contributed by atoms with Crippen molar-refractivity contribution < 1.29 is 23.2 Å². The Hall–Kier alpha value is -4.18. The summed E-state index contributed by atoms with van der Waals surface area (Å²) >= 11 is 1.11. The Balaban J connectivity index is 1.26. The third-order valence-electron chi connectivity index (χ3n) is 6.09. The number of amidine groups is 2. The Kier molecular flexibility index (Phi) is 7.41. The van der Waals surface area contributed by atoms with E-state index in [-0.39, 0.29) is 48.6 Å². The molecular weight excluding hydrogens is 510 g/mol. The zero-order valence-corrected chi connectivity index (χ0v) is 20.9. The topological polar surface area (TPSA) is 91.2 Å². The number of nitrogens with zero attached hydrogens (tertiary/aromatic N) is 3. The van der Waals surface area contributed by atoms with Gasteiger partial charge in [0, 0.05) is 24.1 Å². The van der Waals surface area contributed by atoms with E-state index in [1.54, 1.807) is 18.2 Å². The molecule has 0 fully saturated rings. The average Bonchev–Trinajstić information content (AvgIpc) is 3.27. The molecule has 0 saturated carbocycles. The van der Waals surface area contributed by atoms with Gasteiger partial charge in [-0.25, -0.2) is 18.7 Å². The maximum Gasteiger partial charge on any atom is 0.259 e. The smallest absolute Gasteiger partial charge is 0.259 e. The van der Waals surface area contributed by atoms with Gasteiger partial charge in [0.25, 0.3) is 5.91 Å². The van der Waals surface area contributed by atoms with E-state index < -0.39 is 11.9 Å². The van der Waals surface area contributed by atoms with Crippen LogP contribution in [0.2, 0.25) is 0 Å². The zero-order chi connectivity index (χ0) is 26.6. The van der Waals surface area contributed by atoms with Crippen LogP contribution in [0, 0.1) is 11.6 Å². The highest BCUT2D eigenvalue weighted by atomic mass is 32.2. The molecule has 0 spiro atoms. The molecule has 2 heterocycles. The van der Waals surface area contributed by atoms with Crippen LogP contribution in [0.4, 0.5) is 14.5 Å². The summed E-state index contributed by atoms with van der Waals surface area (Å²) in [5, 5.41) is 3.10. The minimum Gasteiger partial charge on any atom is -0.352 e. The number of fused-ring (bicyclic) bond motifs is 3. The van der Waals surface area contributed by atoms with Gasteiger partial charge in [-0.2, -0.15) is 0 Å². The third kappa shape index (κ3) is 5.55. The van der Waals surface area contributed by atoms with Crippen molar-refractivity contribution in [3.8, 4) is 0 Å². The molecule has 5 rings (SSSR count). The predicted octanol–water partition coefficient (Wildman–Crippen LogP) is 4.64. The summed E-state index contributed by atoms with van der Waals surface area (Å²) in [6.07, 6.45) is 0.273. The number of hydrogen-bond acceptors (Lipinski definition) is 6. The zero-order valence-electron chi connectivity index (χ0n) is 20.1. The average molecular weight is 533 g/mol. The minimum atomic E-state index is -0.772. The van der Waals surface area contributed by atoms with E-state index in [2.05, 4.69) is 15.3 Å². The summed E-state index contributed by atoms with van der Waals surface area (Å²) in [5.74, 6) is -1.13. The van der Waals surface area contributed by atoms with Crippen LogP contribution in [0.3, 0.4) is 0 Å². The van der Waals surface area contributed by atoms with Gasteiger partial charge in [0.05, 0.1) is 11.4 Å². The number of carbonyl (C=O) groups is 3. The summed E-state index contributed by atoms with van der Waals surface area (Å²) in [7, 11) is 0. The molecule has 192 valence electrons. The second-order valence-corrected chi connectivity index (χ2v) is 9.66. The molecule has 0 radical (unpaired) electrons. The van der Waals surface area contributed by atoms with Gasteiger partial charge in [-0.3, -0.25) is 19.4 Å². The molecule has 0 bridgehead atoms. The Labute approximate surface area is 221 Å². The van der Waals surface area contributed by atoms with E-state index >= 15 is 0 Å². The van der Waals surface area contributed by atoms with Crippen LogP contribution in [-0.4, -0.2) is 45.3 Å². The Morgan fingerprint density at radius 1 is 0.947 bits per heavy atom. The Morgan fingerprint density at radius 2 is 1.63 bits per heavy atom. The molecule has 0 aliphatic carbocycles. The molecule has 3 aromatic rings. The molecule has 2 aliphatic heterocycles. The molecule has 38 heavy (non-hydrogen) atoms.